The van der Waals surface area contributed by atoms with E-state index in [1.165, 1.54) is 6.42 Å². The van der Waals surface area contributed by atoms with Gasteiger partial charge in [0.2, 0.25) is 0 Å². The maximum atomic E-state index is 12.5. The third kappa shape index (κ3) is 3.15. The van der Waals surface area contributed by atoms with E-state index in [9.17, 15) is 4.79 Å². The van der Waals surface area contributed by atoms with Gasteiger partial charge in [-0.2, -0.15) is 10.2 Å². The molecule has 1 aromatic rings. The lowest BCUT2D eigenvalue weighted by Crippen LogP contribution is -2.56. The molecule has 0 spiro atoms. The van der Waals surface area contributed by atoms with E-state index in [4.69, 9.17) is 5.73 Å². The Morgan fingerprint density at radius 1 is 1.50 bits per heavy atom. The summed E-state index contributed by atoms with van der Waals surface area (Å²) in [4.78, 5) is 12.5. The summed E-state index contributed by atoms with van der Waals surface area (Å²) in [6.45, 7) is 6.35. The lowest BCUT2D eigenvalue weighted by atomic mass is 9.76. The minimum Gasteiger partial charge on any atom is -0.345 e. The summed E-state index contributed by atoms with van der Waals surface area (Å²) >= 11 is 0. The van der Waals surface area contributed by atoms with Gasteiger partial charge in [0.05, 0.1) is 22.5 Å². The highest BCUT2D eigenvalue weighted by Crippen LogP contribution is 2.31. The van der Waals surface area contributed by atoms with E-state index in [1.807, 2.05) is 6.92 Å². The Bertz CT molecular complexity index is 503. The summed E-state index contributed by atoms with van der Waals surface area (Å²) in [6.07, 6.45) is 4.24. The van der Waals surface area contributed by atoms with Crippen molar-refractivity contribution in [2.24, 2.45) is 11.7 Å². The van der Waals surface area contributed by atoms with Crippen LogP contribution >= 0.6 is 0 Å². The molecule has 1 aromatic heterocycles. The monoisotopic (exact) mass is 276 g/mol. The molecule has 2 rings (SSSR count). The summed E-state index contributed by atoms with van der Waals surface area (Å²) in [5.41, 5.74) is 7.69. The van der Waals surface area contributed by atoms with Crippen LogP contribution in [0.15, 0.2) is 6.07 Å². The van der Waals surface area contributed by atoms with Crippen LogP contribution in [0.25, 0.3) is 0 Å². The van der Waals surface area contributed by atoms with Crippen molar-refractivity contribution in [3.05, 3.63) is 23.0 Å². The SMILES string of the molecule is Cc1cc(C(=O)NC2(CN)CCCC(C)C2)c(C)nn1. The van der Waals surface area contributed by atoms with Crippen LogP contribution in [0.1, 0.15) is 54.4 Å². The number of nitrogens with one attached hydrogen (secondary N) is 1. The minimum atomic E-state index is -0.266. The smallest absolute Gasteiger partial charge is 0.253 e. The number of hydrogen-bond donors (Lipinski definition) is 2. The number of aryl methyl sites for hydroxylation is 2. The predicted molar refractivity (Wildman–Crippen MR) is 78.4 cm³/mol. The van der Waals surface area contributed by atoms with Crippen molar-refractivity contribution in [2.45, 2.75) is 52.0 Å². The molecule has 0 radical (unpaired) electrons. The van der Waals surface area contributed by atoms with Gasteiger partial charge < -0.3 is 11.1 Å². The van der Waals surface area contributed by atoms with Gasteiger partial charge in [-0.05, 0) is 38.7 Å². The van der Waals surface area contributed by atoms with Crippen molar-refractivity contribution in [3.8, 4) is 0 Å². The van der Waals surface area contributed by atoms with Gasteiger partial charge in [0.25, 0.3) is 5.91 Å². The molecule has 5 nitrogen and oxygen atoms in total. The van der Waals surface area contributed by atoms with Gasteiger partial charge in [-0.15, -0.1) is 0 Å². The molecule has 1 amide bonds. The fourth-order valence-electron chi connectivity index (χ4n) is 3.10. The van der Waals surface area contributed by atoms with Crippen molar-refractivity contribution < 1.29 is 4.79 Å². The molecule has 5 heteroatoms. The topological polar surface area (TPSA) is 80.9 Å². The van der Waals surface area contributed by atoms with Crippen LogP contribution in [0.5, 0.6) is 0 Å². The minimum absolute atomic E-state index is 0.0833. The maximum Gasteiger partial charge on any atom is 0.253 e. The van der Waals surface area contributed by atoms with Crippen molar-refractivity contribution >= 4 is 5.91 Å². The molecule has 1 saturated carbocycles. The first-order valence-corrected chi connectivity index (χ1v) is 7.29. The van der Waals surface area contributed by atoms with Crippen LogP contribution in [0.3, 0.4) is 0 Å². The molecule has 2 atom stereocenters. The Kier molecular flexibility index (Phi) is 4.38. The largest absolute Gasteiger partial charge is 0.345 e. The summed E-state index contributed by atoms with van der Waals surface area (Å²) in [5.74, 6) is 0.519. The molecular formula is C15H24N4O. The Hall–Kier alpha value is -1.49. The summed E-state index contributed by atoms with van der Waals surface area (Å²) in [5, 5.41) is 11.1. The molecule has 0 aromatic carbocycles. The normalized spacial score (nSPS) is 26.3. The zero-order valence-corrected chi connectivity index (χ0v) is 12.6. The molecule has 0 bridgehead atoms. The Balaban J connectivity index is 2.19. The van der Waals surface area contributed by atoms with Gasteiger partial charge in [-0.1, -0.05) is 19.8 Å². The van der Waals surface area contributed by atoms with Gasteiger partial charge in [0, 0.05) is 6.54 Å². The number of carbonyl (C=O) groups is 1. The summed E-state index contributed by atoms with van der Waals surface area (Å²) < 4.78 is 0. The molecule has 1 aliphatic carbocycles. The number of amides is 1. The summed E-state index contributed by atoms with van der Waals surface area (Å²) in [6, 6.07) is 1.79. The maximum absolute atomic E-state index is 12.5. The molecule has 0 aliphatic heterocycles. The van der Waals surface area contributed by atoms with Gasteiger partial charge in [0.15, 0.2) is 0 Å². The third-order valence-electron chi connectivity index (χ3n) is 4.21. The molecule has 2 unspecified atom stereocenters. The lowest BCUT2D eigenvalue weighted by Gasteiger charge is -2.40. The predicted octanol–water partition coefficient (Wildman–Crippen LogP) is 1.73. The molecule has 3 N–H and O–H groups in total. The second kappa shape index (κ2) is 5.87. The van der Waals surface area contributed by atoms with Crippen LogP contribution in [0.2, 0.25) is 0 Å². The van der Waals surface area contributed by atoms with E-state index in [1.54, 1.807) is 13.0 Å². The van der Waals surface area contributed by atoms with Crippen molar-refractivity contribution in [1.82, 2.24) is 15.5 Å². The first-order chi connectivity index (χ1) is 9.46. The average molecular weight is 276 g/mol. The third-order valence-corrected chi connectivity index (χ3v) is 4.21. The Morgan fingerprint density at radius 3 is 2.90 bits per heavy atom. The van der Waals surface area contributed by atoms with Crippen LogP contribution in [-0.2, 0) is 0 Å². The number of carbonyl (C=O) groups excluding carboxylic acids is 1. The molecule has 1 fully saturated rings. The quantitative estimate of drug-likeness (QED) is 0.881. The van der Waals surface area contributed by atoms with Crippen LogP contribution < -0.4 is 11.1 Å². The van der Waals surface area contributed by atoms with Crippen LogP contribution in [0, 0.1) is 19.8 Å². The fourth-order valence-corrected chi connectivity index (χ4v) is 3.10. The van der Waals surface area contributed by atoms with E-state index in [-0.39, 0.29) is 11.4 Å². The number of aromatic nitrogens is 2. The number of nitrogens with zero attached hydrogens (tertiary/aromatic N) is 2. The van der Waals surface area contributed by atoms with Gasteiger partial charge in [0.1, 0.15) is 0 Å². The highest BCUT2D eigenvalue weighted by molar-refractivity contribution is 5.95. The van der Waals surface area contributed by atoms with E-state index in [2.05, 4.69) is 22.4 Å². The zero-order valence-electron chi connectivity index (χ0n) is 12.6. The molecular weight excluding hydrogens is 252 g/mol. The first kappa shape index (κ1) is 14.9. The second-order valence-electron chi connectivity index (χ2n) is 6.12. The highest BCUT2D eigenvalue weighted by Gasteiger charge is 2.35. The van der Waals surface area contributed by atoms with E-state index in [0.717, 1.165) is 25.0 Å². The standard InChI is InChI=1S/C15H24N4O/c1-10-5-4-6-15(8-10,9-16)17-14(20)13-7-11(2)18-19-12(13)3/h7,10H,4-6,8-9,16H2,1-3H3,(H,17,20). The number of nitrogens with two attached hydrogens (primary N) is 1. The Labute approximate surface area is 120 Å². The lowest BCUT2D eigenvalue weighted by molar-refractivity contribution is 0.0852. The second-order valence-corrected chi connectivity index (χ2v) is 6.12. The fraction of sp³-hybridized carbons (Fsp3) is 0.667. The Morgan fingerprint density at radius 2 is 2.25 bits per heavy atom. The highest BCUT2D eigenvalue weighted by atomic mass is 16.1. The summed E-state index contributed by atoms with van der Waals surface area (Å²) in [7, 11) is 0. The molecule has 110 valence electrons. The van der Waals surface area contributed by atoms with E-state index < -0.39 is 0 Å². The van der Waals surface area contributed by atoms with Gasteiger partial charge in [-0.25, -0.2) is 0 Å². The van der Waals surface area contributed by atoms with Crippen LogP contribution in [0.4, 0.5) is 0 Å². The van der Waals surface area contributed by atoms with E-state index in [0.29, 0.717) is 23.7 Å². The number of rotatable bonds is 3. The average Bonchev–Trinajstić information content (AvgIpc) is 2.41. The zero-order chi connectivity index (χ0) is 14.8. The van der Waals surface area contributed by atoms with E-state index >= 15 is 0 Å². The van der Waals surface area contributed by atoms with Crippen molar-refractivity contribution in [3.63, 3.8) is 0 Å². The molecule has 0 saturated heterocycles. The molecule has 1 heterocycles. The molecule has 20 heavy (non-hydrogen) atoms. The molecule has 1 aliphatic rings. The number of hydrogen-bond acceptors (Lipinski definition) is 4. The van der Waals surface area contributed by atoms with Gasteiger partial charge in [-0.3, -0.25) is 4.79 Å². The first-order valence-electron chi connectivity index (χ1n) is 7.29. The van der Waals surface area contributed by atoms with Crippen molar-refractivity contribution in [1.29, 1.82) is 0 Å². The van der Waals surface area contributed by atoms with Gasteiger partial charge >= 0.3 is 0 Å². The van der Waals surface area contributed by atoms with Crippen molar-refractivity contribution in [2.75, 3.05) is 6.54 Å². The van der Waals surface area contributed by atoms with Crippen LogP contribution in [-0.4, -0.2) is 28.2 Å².